The van der Waals surface area contributed by atoms with Gasteiger partial charge in [-0.15, -0.1) is 0 Å². The van der Waals surface area contributed by atoms with E-state index in [1.807, 2.05) is 12.1 Å². The molecule has 1 rings (SSSR count). The Bertz CT molecular complexity index is 92.2. The van der Waals surface area contributed by atoms with E-state index >= 15 is 0 Å². The van der Waals surface area contributed by atoms with Crippen LogP contribution in [-0.4, -0.2) is 29.3 Å². The first-order valence-corrected chi connectivity index (χ1v) is 2.43. The van der Waals surface area contributed by atoms with Crippen LogP contribution in [0.5, 0.6) is 0 Å². The second-order valence-corrected chi connectivity index (χ2v) is 1.76. The van der Waals surface area contributed by atoms with Gasteiger partial charge in [0.15, 0.2) is 0 Å². The van der Waals surface area contributed by atoms with Crippen molar-refractivity contribution in [2.45, 2.75) is 0 Å². The van der Waals surface area contributed by atoms with E-state index in [2.05, 4.69) is 17.9 Å². The zero-order valence-electron chi connectivity index (χ0n) is 4.07. The standard InChI is InChI=1S/C3H7N3S/c1-5-3-2-4-6(5)7/h2,7H,3H2,1H3. The smallest absolute Gasteiger partial charge is 0.0576 e. The van der Waals surface area contributed by atoms with Crippen molar-refractivity contribution in [1.29, 1.82) is 0 Å². The van der Waals surface area contributed by atoms with Crippen LogP contribution < -0.4 is 0 Å². The second-order valence-electron chi connectivity index (χ2n) is 1.41. The molecule has 0 bridgehead atoms. The molecule has 0 aromatic rings. The number of hydrazone groups is 1. The molecule has 1 aliphatic rings. The summed E-state index contributed by atoms with van der Waals surface area (Å²) in [5.41, 5.74) is 0. The lowest BCUT2D eigenvalue weighted by molar-refractivity contribution is 0.160. The fourth-order valence-electron chi connectivity index (χ4n) is 0.389. The van der Waals surface area contributed by atoms with Crippen LogP contribution in [0.25, 0.3) is 0 Å². The van der Waals surface area contributed by atoms with Gasteiger partial charge in [-0.3, -0.25) is 0 Å². The zero-order chi connectivity index (χ0) is 5.28. The predicted molar refractivity (Wildman–Crippen MR) is 31.9 cm³/mol. The van der Waals surface area contributed by atoms with Crippen molar-refractivity contribution in [3.05, 3.63) is 0 Å². The van der Waals surface area contributed by atoms with Crippen LogP contribution in [0, 0.1) is 0 Å². The average Bonchev–Trinajstić information content (AvgIpc) is 1.91. The summed E-state index contributed by atoms with van der Waals surface area (Å²) in [6.45, 7) is 0.865. The fourth-order valence-corrected chi connectivity index (χ4v) is 0.535. The largest absolute Gasteiger partial charge is 0.192 e. The van der Waals surface area contributed by atoms with Gasteiger partial charge in [-0.1, -0.05) is 0 Å². The van der Waals surface area contributed by atoms with Crippen molar-refractivity contribution in [3.8, 4) is 0 Å². The normalized spacial score (nSPS) is 21.7. The van der Waals surface area contributed by atoms with Crippen LogP contribution in [0.15, 0.2) is 5.10 Å². The van der Waals surface area contributed by atoms with Gasteiger partial charge in [-0.25, -0.2) is 0 Å². The molecule has 0 radical (unpaired) electrons. The molecular weight excluding hydrogens is 110 g/mol. The molecule has 0 atom stereocenters. The number of hydrogen-bond acceptors (Lipinski definition) is 4. The summed E-state index contributed by atoms with van der Waals surface area (Å²) in [4.78, 5) is 0. The third kappa shape index (κ3) is 0.863. The summed E-state index contributed by atoms with van der Waals surface area (Å²) in [5, 5.41) is 5.69. The van der Waals surface area contributed by atoms with E-state index in [0.717, 1.165) is 6.54 Å². The Morgan fingerprint density at radius 3 is 2.71 bits per heavy atom. The monoisotopic (exact) mass is 117 g/mol. The van der Waals surface area contributed by atoms with Gasteiger partial charge >= 0.3 is 0 Å². The Balaban J connectivity index is 2.45. The minimum absolute atomic E-state index is 0.865. The molecule has 0 N–H and O–H groups in total. The SMILES string of the molecule is CN1CC=NN1S. The number of thiol groups is 1. The van der Waals surface area contributed by atoms with Crippen LogP contribution in [0.2, 0.25) is 0 Å². The summed E-state index contributed by atoms with van der Waals surface area (Å²) in [7, 11) is 1.92. The predicted octanol–water partition coefficient (Wildman–Crippen LogP) is -0.0206. The lowest BCUT2D eigenvalue weighted by Gasteiger charge is -2.13. The van der Waals surface area contributed by atoms with Crippen LogP contribution in [-0.2, 0) is 0 Å². The van der Waals surface area contributed by atoms with Gasteiger partial charge < -0.3 is 0 Å². The maximum absolute atomic E-state index is 3.95. The van der Waals surface area contributed by atoms with E-state index < -0.39 is 0 Å². The number of nitrogens with zero attached hydrogens (tertiary/aromatic N) is 3. The molecule has 0 unspecified atom stereocenters. The number of hydrogen-bond donors (Lipinski definition) is 1. The Labute approximate surface area is 48.1 Å². The summed E-state index contributed by atoms with van der Waals surface area (Å²) in [5.74, 6) is 0. The summed E-state index contributed by atoms with van der Waals surface area (Å²) < 4.78 is 1.50. The average molecular weight is 117 g/mol. The molecule has 0 fully saturated rings. The highest BCUT2D eigenvalue weighted by Crippen LogP contribution is 2.01. The van der Waals surface area contributed by atoms with Gasteiger partial charge in [0.2, 0.25) is 0 Å². The molecule has 3 nitrogen and oxygen atoms in total. The maximum atomic E-state index is 3.95. The Morgan fingerprint density at radius 2 is 2.57 bits per heavy atom. The molecule has 1 aliphatic heterocycles. The van der Waals surface area contributed by atoms with E-state index in [1.54, 1.807) is 6.21 Å². The first-order chi connectivity index (χ1) is 3.30. The van der Waals surface area contributed by atoms with Crippen LogP contribution in [0.3, 0.4) is 0 Å². The summed E-state index contributed by atoms with van der Waals surface area (Å²) >= 11 is 3.95. The van der Waals surface area contributed by atoms with Gasteiger partial charge in [-0.2, -0.15) is 14.6 Å². The van der Waals surface area contributed by atoms with E-state index in [1.165, 1.54) is 4.52 Å². The Hall–Kier alpha value is -0.220. The van der Waals surface area contributed by atoms with Crippen molar-refractivity contribution in [1.82, 2.24) is 9.53 Å². The molecule has 0 aliphatic carbocycles. The molecule has 0 aromatic carbocycles. The molecule has 0 saturated carbocycles. The van der Waals surface area contributed by atoms with E-state index in [9.17, 15) is 0 Å². The van der Waals surface area contributed by atoms with Crippen molar-refractivity contribution in [2.24, 2.45) is 5.10 Å². The quantitative estimate of drug-likeness (QED) is 0.450. The summed E-state index contributed by atoms with van der Waals surface area (Å²) in [6, 6.07) is 0. The molecule has 1 heterocycles. The Morgan fingerprint density at radius 1 is 1.86 bits per heavy atom. The molecular formula is C3H7N3S. The topological polar surface area (TPSA) is 18.8 Å². The van der Waals surface area contributed by atoms with Gasteiger partial charge in [0.25, 0.3) is 0 Å². The first kappa shape index (κ1) is 4.93. The van der Waals surface area contributed by atoms with Gasteiger partial charge in [-0.05, 0) is 12.8 Å². The van der Waals surface area contributed by atoms with Gasteiger partial charge in [0.1, 0.15) is 0 Å². The first-order valence-electron chi connectivity index (χ1n) is 2.03. The lowest BCUT2D eigenvalue weighted by Crippen LogP contribution is -2.23. The van der Waals surface area contributed by atoms with Crippen molar-refractivity contribution >= 4 is 19.0 Å². The van der Waals surface area contributed by atoms with Crippen molar-refractivity contribution < 1.29 is 0 Å². The van der Waals surface area contributed by atoms with E-state index in [-0.39, 0.29) is 0 Å². The molecule has 0 spiro atoms. The molecule has 7 heavy (non-hydrogen) atoms. The van der Waals surface area contributed by atoms with Crippen LogP contribution in [0.4, 0.5) is 0 Å². The molecule has 0 amide bonds. The van der Waals surface area contributed by atoms with Gasteiger partial charge in [0.05, 0.1) is 6.54 Å². The minimum Gasteiger partial charge on any atom is -0.192 e. The highest BCUT2D eigenvalue weighted by molar-refractivity contribution is 7.77. The number of hydrazine groups is 1. The molecule has 4 heteroatoms. The van der Waals surface area contributed by atoms with E-state index in [0.29, 0.717) is 0 Å². The summed E-state index contributed by atoms with van der Waals surface area (Å²) in [6.07, 6.45) is 1.80. The third-order valence-electron chi connectivity index (χ3n) is 0.836. The Kier molecular flexibility index (Phi) is 1.21. The fraction of sp³-hybridized carbons (Fsp3) is 0.667. The molecule has 0 saturated heterocycles. The highest BCUT2D eigenvalue weighted by atomic mass is 32.1. The van der Waals surface area contributed by atoms with Gasteiger partial charge in [0, 0.05) is 13.3 Å². The minimum atomic E-state index is 0.865. The highest BCUT2D eigenvalue weighted by Gasteiger charge is 2.05. The maximum Gasteiger partial charge on any atom is 0.0576 e. The van der Waals surface area contributed by atoms with Crippen molar-refractivity contribution in [2.75, 3.05) is 13.6 Å². The van der Waals surface area contributed by atoms with Crippen molar-refractivity contribution in [3.63, 3.8) is 0 Å². The number of rotatable bonds is 0. The lowest BCUT2D eigenvalue weighted by atomic mass is 10.7. The van der Waals surface area contributed by atoms with Crippen LogP contribution in [0.1, 0.15) is 0 Å². The molecule has 0 aromatic heterocycles. The second kappa shape index (κ2) is 1.71. The van der Waals surface area contributed by atoms with Crippen LogP contribution >= 0.6 is 12.8 Å². The third-order valence-corrected chi connectivity index (χ3v) is 1.24. The van der Waals surface area contributed by atoms with E-state index in [4.69, 9.17) is 0 Å². The zero-order valence-corrected chi connectivity index (χ0v) is 4.97. The molecule has 40 valence electrons.